The number of piperazine rings is 1. The first-order valence-corrected chi connectivity index (χ1v) is 13.1. The summed E-state index contributed by atoms with van der Waals surface area (Å²) in [6.07, 6.45) is -0.399. The summed E-state index contributed by atoms with van der Waals surface area (Å²) in [5.74, 6) is 0.330. The summed E-state index contributed by atoms with van der Waals surface area (Å²) in [6, 6.07) is 13.4. The Labute approximate surface area is 210 Å². The van der Waals surface area contributed by atoms with E-state index in [-0.39, 0.29) is 21.7 Å². The van der Waals surface area contributed by atoms with Crippen molar-refractivity contribution in [2.45, 2.75) is 43.2 Å². The molecule has 0 bridgehead atoms. The molecule has 0 atom stereocenters. The van der Waals surface area contributed by atoms with Crippen LogP contribution >= 0.6 is 11.6 Å². The van der Waals surface area contributed by atoms with Crippen LogP contribution in [-0.2, 0) is 14.6 Å². The van der Waals surface area contributed by atoms with Gasteiger partial charge in [-0.1, -0.05) is 29.3 Å². The fraction of sp³-hybridized carbons (Fsp3) is 0.360. The fourth-order valence-corrected chi connectivity index (χ4v) is 5.08. The van der Waals surface area contributed by atoms with Gasteiger partial charge in [-0.3, -0.25) is 0 Å². The summed E-state index contributed by atoms with van der Waals surface area (Å²) in [5, 5.41) is 0.392. The second-order valence-corrected chi connectivity index (χ2v) is 11.7. The summed E-state index contributed by atoms with van der Waals surface area (Å²) in [4.78, 5) is 20.4. The number of oxazole rings is 1. The third-order valence-corrected chi connectivity index (χ3v) is 7.39. The first-order chi connectivity index (χ1) is 16.4. The topological polar surface area (TPSA) is 93.0 Å². The van der Waals surface area contributed by atoms with Crippen LogP contribution < -0.4 is 4.90 Å². The van der Waals surface area contributed by atoms with Crippen molar-refractivity contribution in [2.75, 3.05) is 31.1 Å². The van der Waals surface area contributed by atoms with E-state index < -0.39 is 21.5 Å². The maximum Gasteiger partial charge on any atom is 0.410 e. The standard InChI is InChI=1S/C25H28ClN3O5S/c1-17-5-11-20(12-6-17)35(31,32)22-23(33-21(27-22)18-7-9-19(26)10-8-18)28-13-15-29(16-14-28)24(30)34-25(2,3)4/h5-12H,13-16H2,1-4H3. The first-order valence-electron chi connectivity index (χ1n) is 11.3. The number of carbonyl (C=O) groups excluding carboxylic acids is 1. The number of rotatable bonds is 4. The van der Waals surface area contributed by atoms with E-state index >= 15 is 0 Å². The molecule has 1 saturated heterocycles. The van der Waals surface area contributed by atoms with Gasteiger partial charge < -0.3 is 19.0 Å². The molecule has 1 fully saturated rings. The molecule has 3 aromatic rings. The van der Waals surface area contributed by atoms with E-state index in [4.69, 9.17) is 20.8 Å². The van der Waals surface area contributed by atoms with Gasteiger partial charge in [0.05, 0.1) is 4.90 Å². The summed E-state index contributed by atoms with van der Waals surface area (Å²) >= 11 is 6.00. The van der Waals surface area contributed by atoms with Crippen LogP contribution in [0.3, 0.4) is 0 Å². The highest BCUT2D eigenvalue weighted by Gasteiger charge is 2.34. The number of aryl methyl sites for hydroxylation is 1. The van der Waals surface area contributed by atoms with Crippen molar-refractivity contribution in [1.29, 1.82) is 0 Å². The number of amides is 1. The Morgan fingerprint density at radius 1 is 1.00 bits per heavy atom. The van der Waals surface area contributed by atoms with E-state index in [0.717, 1.165) is 5.56 Å². The molecule has 1 aliphatic heterocycles. The Balaban J connectivity index is 1.67. The molecule has 0 N–H and O–H groups in total. The number of halogens is 1. The van der Waals surface area contributed by atoms with Crippen molar-refractivity contribution in [2.24, 2.45) is 0 Å². The molecule has 1 aliphatic rings. The van der Waals surface area contributed by atoms with Gasteiger partial charge in [0.15, 0.2) is 0 Å². The summed E-state index contributed by atoms with van der Waals surface area (Å²) in [6.45, 7) is 8.78. The van der Waals surface area contributed by atoms with Gasteiger partial charge in [-0.15, -0.1) is 0 Å². The highest BCUT2D eigenvalue weighted by atomic mass is 35.5. The third kappa shape index (κ3) is 5.62. The average molecular weight is 518 g/mol. The number of benzene rings is 2. The summed E-state index contributed by atoms with van der Waals surface area (Å²) < 4.78 is 38.7. The van der Waals surface area contributed by atoms with Gasteiger partial charge in [0.2, 0.25) is 26.6 Å². The van der Waals surface area contributed by atoms with Crippen molar-refractivity contribution in [3.63, 3.8) is 0 Å². The maximum atomic E-state index is 13.6. The number of hydrogen-bond acceptors (Lipinski definition) is 7. The molecule has 1 aromatic heterocycles. The van der Waals surface area contributed by atoms with E-state index in [0.29, 0.717) is 36.8 Å². The molecule has 0 spiro atoms. The van der Waals surface area contributed by atoms with Crippen molar-refractivity contribution in [1.82, 2.24) is 9.88 Å². The van der Waals surface area contributed by atoms with Crippen LogP contribution in [0.1, 0.15) is 26.3 Å². The largest absolute Gasteiger partial charge is 0.444 e. The molecule has 0 aliphatic carbocycles. The van der Waals surface area contributed by atoms with Gasteiger partial charge in [0.25, 0.3) is 0 Å². The molecule has 2 heterocycles. The quantitative estimate of drug-likeness (QED) is 0.470. The zero-order valence-electron chi connectivity index (χ0n) is 20.1. The third-order valence-electron chi connectivity index (χ3n) is 5.47. The molecule has 10 heteroatoms. The fourth-order valence-electron chi connectivity index (χ4n) is 3.64. The molecule has 8 nitrogen and oxygen atoms in total. The SMILES string of the molecule is Cc1ccc(S(=O)(=O)c2nc(-c3ccc(Cl)cc3)oc2N2CCN(C(=O)OC(C)(C)C)CC2)cc1. The number of anilines is 1. The van der Waals surface area contributed by atoms with Crippen molar-refractivity contribution in [3.05, 3.63) is 59.1 Å². The van der Waals surface area contributed by atoms with Crippen LogP contribution in [0.15, 0.2) is 62.9 Å². The Bertz CT molecular complexity index is 1300. The molecule has 35 heavy (non-hydrogen) atoms. The van der Waals surface area contributed by atoms with Crippen LogP contribution in [0.2, 0.25) is 5.02 Å². The summed E-state index contributed by atoms with van der Waals surface area (Å²) in [5.41, 5.74) is 0.958. The number of aromatic nitrogens is 1. The smallest absolute Gasteiger partial charge is 0.410 e. The van der Waals surface area contributed by atoms with Crippen molar-refractivity contribution < 1.29 is 22.4 Å². The van der Waals surface area contributed by atoms with Crippen molar-refractivity contribution in [3.8, 4) is 11.5 Å². The first kappa shape index (κ1) is 25.1. The lowest BCUT2D eigenvalue weighted by Crippen LogP contribution is -2.50. The minimum absolute atomic E-state index is 0.132. The minimum Gasteiger partial charge on any atom is -0.444 e. The molecular weight excluding hydrogens is 490 g/mol. The minimum atomic E-state index is -3.96. The van der Waals surface area contributed by atoms with Crippen LogP contribution in [-0.4, -0.2) is 56.2 Å². The molecule has 0 saturated carbocycles. The summed E-state index contributed by atoms with van der Waals surface area (Å²) in [7, 11) is -3.96. The highest BCUT2D eigenvalue weighted by Crippen LogP contribution is 2.35. The lowest BCUT2D eigenvalue weighted by molar-refractivity contribution is 0.0239. The molecule has 2 aromatic carbocycles. The van der Waals surface area contributed by atoms with Gasteiger partial charge in [-0.05, 0) is 64.1 Å². The van der Waals surface area contributed by atoms with Gasteiger partial charge in [-0.25, -0.2) is 13.2 Å². The van der Waals surface area contributed by atoms with Gasteiger partial charge in [-0.2, -0.15) is 4.98 Å². The van der Waals surface area contributed by atoms with E-state index in [1.165, 1.54) is 0 Å². The second-order valence-electron chi connectivity index (χ2n) is 9.41. The Morgan fingerprint density at radius 2 is 1.60 bits per heavy atom. The zero-order valence-corrected chi connectivity index (χ0v) is 21.7. The predicted octanol–water partition coefficient (Wildman–Crippen LogP) is 5.19. The van der Waals surface area contributed by atoms with E-state index in [1.54, 1.807) is 58.3 Å². The number of nitrogens with zero attached hydrogens (tertiary/aromatic N) is 3. The van der Waals surface area contributed by atoms with Crippen molar-refractivity contribution >= 4 is 33.4 Å². The highest BCUT2D eigenvalue weighted by molar-refractivity contribution is 7.91. The lowest BCUT2D eigenvalue weighted by Gasteiger charge is -2.35. The zero-order chi connectivity index (χ0) is 25.4. The average Bonchev–Trinajstić information content (AvgIpc) is 3.25. The van der Waals surface area contributed by atoms with E-state index in [9.17, 15) is 13.2 Å². The van der Waals surface area contributed by atoms with Crippen LogP contribution in [0.25, 0.3) is 11.5 Å². The molecular formula is C25H28ClN3O5S. The van der Waals surface area contributed by atoms with E-state index in [1.807, 2.05) is 27.7 Å². The van der Waals surface area contributed by atoms with Crippen LogP contribution in [0, 0.1) is 6.92 Å². The molecule has 186 valence electrons. The van der Waals surface area contributed by atoms with E-state index in [2.05, 4.69) is 4.98 Å². The lowest BCUT2D eigenvalue weighted by atomic mass is 10.2. The predicted molar refractivity (Wildman–Crippen MR) is 134 cm³/mol. The maximum absolute atomic E-state index is 13.6. The normalized spacial score (nSPS) is 14.8. The van der Waals surface area contributed by atoms with Gasteiger partial charge in [0.1, 0.15) is 5.60 Å². The Morgan fingerprint density at radius 3 is 2.17 bits per heavy atom. The number of hydrogen-bond donors (Lipinski definition) is 0. The number of sulfone groups is 1. The van der Waals surface area contributed by atoms with Crippen LogP contribution in [0.4, 0.5) is 10.7 Å². The molecule has 0 unspecified atom stereocenters. The Hall–Kier alpha value is -3.04. The van der Waals surface area contributed by atoms with Gasteiger partial charge >= 0.3 is 6.09 Å². The monoisotopic (exact) mass is 517 g/mol. The molecule has 4 rings (SSSR count). The Kier molecular flexibility index (Phi) is 6.83. The number of carbonyl (C=O) groups is 1. The second kappa shape index (κ2) is 9.54. The van der Waals surface area contributed by atoms with Gasteiger partial charge in [0, 0.05) is 36.8 Å². The molecule has 0 radical (unpaired) electrons. The molecule has 1 amide bonds. The van der Waals surface area contributed by atoms with Crippen LogP contribution in [0.5, 0.6) is 0 Å². The number of ether oxygens (including phenoxy) is 1.